The van der Waals surface area contributed by atoms with Crippen molar-refractivity contribution in [3.63, 3.8) is 0 Å². The molecule has 0 radical (unpaired) electrons. The molecule has 0 bridgehead atoms. The highest BCUT2D eigenvalue weighted by Crippen LogP contribution is 2.18. The highest BCUT2D eigenvalue weighted by Gasteiger charge is 2.07. The van der Waals surface area contributed by atoms with Crippen LogP contribution in [0.2, 0.25) is 0 Å². The molecule has 1 aromatic heterocycles. The zero-order valence-electron chi connectivity index (χ0n) is 9.86. The number of benzene rings is 1. The minimum atomic E-state index is 0.525. The monoisotopic (exact) mass is 218 g/mol. The van der Waals surface area contributed by atoms with Crippen molar-refractivity contribution in [3.8, 4) is 0 Å². The van der Waals surface area contributed by atoms with Gasteiger partial charge >= 0.3 is 0 Å². The predicted molar refractivity (Wildman–Crippen MR) is 65.3 cm³/mol. The maximum absolute atomic E-state index is 5.67. The molecule has 0 saturated heterocycles. The lowest BCUT2D eigenvalue weighted by Crippen LogP contribution is -2.11. The van der Waals surface area contributed by atoms with Gasteiger partial charge in [-0.25, -0.2) is 4.98 Å². The van der Waals surface area contributed by atoms with E-state index < -0.39 is 0 Å². The highest BCUT2D eigenvalue weighted by atomic mass is 16.3. The molecule has 2 N–H and O–H groups in total. The van der Waals surface area contributed by atoms with Crippen LogP contribution >= 0.6 is 0 Å². The number of fused-ring (bicyclic) bond motifs is 1. The Bertz CT molecular complexity index is 476. The van der Waals surface area contributed by atoms with Crippen LogP contribution in [0.4, 0.5) is 0 Å². The Labute approximate surface area is 95.7 Å². The smallest absolute Gasteiger partial charge is 0.195 e. The SMILES string of the molecule is Cc1ccc2oc(CCC(C)CN)nc2c1. The molecular weight excluding hydrogens is 200 g/mol. The molecule has 16 heavy (non-hydrogen) atoms. The van der Waals surface area contributed by atoms with Crippen molar-refractivity contribution in [1.82, 2.24) is 4.98 Å². The molecule has 1 aromatic carbocycles. The number of hydrogen-bond acceptors (Lipinski definition) is 3. The van der Waals surface area contributed by atoms with Gasteiger partial charge in [-0.3, -0.25) is 0 Å². The zero-order chi connectivity index (χ0) is 11.5. The Balaban J connectivity index is 2.13. The van der Waals surface area contributed by atoms with E-state index in [1.165, 1.54) is 5.56 Å². The van der Waals surface area contributed by atoms with Gasteiger partial charge in [-0.15, -0.1) is 0 Å². The molecule has 0 aliphatic rings. The van der Waals surface area contributed by atoms with Crippen molar-refractivity contribution >= 4 is 11.1 Å². The second-order valence-electron chi connectivity index (χ2n) is 4.46. The Hall–Kier alpha value is -1.35. The topological polar surface area (TPSA) is 52.0 Å². The van der Waals surface area contributed by atoms with E-state index in [4.69, 9.17) is 10.2 Å². The highest BCUT2D eigenvalue weighted by molar-refractivity contribution is 5.73. The normalized spacial score (nSPS) is 13.2. The first kappa shape index (κ1) is 11.1. The van der Waals surface area contributed by atoms with E-state index in [1.807, 2.05) is 12.1 Å². The van der Waals surface area contributed by atoms with Crippen LogP contribution in [0.1, 0.15) is 24.8 Å². The molecule has 1 unspecified atom stereocenters. The lowest BCUT2D eigenvalue weighted by Gasteiger charge is -2.04. The van der Waals surface area contributed by atoms with E-state index in [2.05, 4.69) is 24.9 Å². The van der Waals surface area contributed by atoms with Gasteiger partial charge in [-0.05, 0) is 43.5 Å². The summed E-state index contributed by atoms with van der Waals surface area (Å²) >= 11 is 0. The van der Waals surface area contributed by atoms with Gasteiger partial charge in [0.25, 0.3) is 0 Å². The third-order valence-electron chi connectivity index (χ3n) is 2.84. The summed E-state index contributed by atoms with van der Waals surface area (Å²) in [6.07, 6.45) is 1.90. The number of hydrogen-bond donors (Lipinski definition) is 1. The molecule has 86 valence electrons. The summed E-state index contributed by atoms with van der Waals surface area (Å²) in [6, 6.07) is 6.07. The largest absolute Gasteiger partial charge is 0.441 e. The fourth-order valence-corrected chi connectivity index (χ4v) is 1.68. The summed E-state index contributed by atoms with van der Waals surface area (Å²) in [5, 5.41) is 0. The molecule has 1 atom stereocenters. The second-order valence-corrected chi connectivity index (χ2v) is 4.46. The third-order valence-corrected chi connectivity index (χ3v) is 2.84. The third kappa shape index (κ3) is 2.42. The van der Waals surface area contributed by atoms with Gasteiger partial charge in [0.2, 0.25) is 0 Å². The number of aryl methyl sites for hydroxylation is 2. The first-order valence-electron chi connectivity index (χ1n) is 5.75. The van der Waals surface area contributed by atoms with Crippen molar-refractivity contribution in [2.75, 3.05) is 6.54 Å². The minimum Gasteiger partial charge on any atom is -0.441 e. The van der Waals surface area contributed by atoms with E-state index in [9.17, 15) is 0 Å². The maximum atomic E-state index is 5.67. The molecule has 0 aliphatic heterocycles. The van der Waals surface area contributed by atoms with Gasteiger partial charge in [-0.1, -0.05) is 13.0 Å². The van der Waals surface area contributed by atoms with Gasteiger partial charge in [0.15, 0.2) is 11.5 Å². The predicted octanol–water partition coefficient (Wildman–Crippen LogP) is 2.66. The molecule has 0 saturated carbocycles. The first-order chi connectivity index (χ1) is 7.69. The Morgan fingerprint density at radius 3 is 3.00 bits per heavy atom. The molecule has 0 spiro atoms. The maximum Gasteiger partial charge on any atom is 0.195 e. The quantitative estimate of drug-likeness (QED) is 0.858. The lowest BCUT2D eigenvalue weighted by molar-refractivity contribution is 0.471. The van der Waals surface area contributed by atoms with E-state index in [1.54, 1.807) is 0 Å². The van der Waals surface area contributed by atoms with Gasteiger partial charge < -0.3 is 10.2 Å². The number of aromatic nitrogens is 1. The Kier molecular flexibility index (Phi) is 3.25. The molecule has 2 rings (SSSR count). The van der Waals surface area contributed by atoms with Crippen LogP contribution in [-0.4, -0.2) is 11.5 Å². The van der Waals surface area contributed by atoms with E-state index in [0.29, 0.717) is 5.92 Å². The molecule has 2 aromatic rings. The van der Waals surface area contributed by atoms with Crippen LogP contribution in [0.5, 0.6) is 0 Å². The number of oxazole rings is 1. The molecule has 0 aliphatic carbocycles. The standard InChI is InChI=1S/C13H18N2O/c1-9-3-5-12-11(7-9)15-13(16-12)6-4-10(2)8-14/h3,5,7,10H,4,6,8,14H2,1-2H3. The summed E-state index contributed by atoms with van der Waals surface area (Å²) in [5.41, 5.74) is 8.62. The average molecular weight is 218 g/mol. The van der Waals surface area contributed by atoms with Crippen molar-refractivity contribution in [1.29, 1.82) is 0 Å². The summed E-state index contributed by atoms with van der Waals surface area (Å²) in [4.78, 5) is 4.47. The van der Waals surface area contributed by atoms with Gasteiger partial charge in [0.05, 0.1) is 0 Å². The van der Waals surface area contributed by atoms with E-state index >= 15 is 0 Å². The Morgan fingerprint density at radius 2 is 2.25 bits per heavy atom. The van der Waals surface area contributed by atoms with Crippen LogP contribution < -0.4 is 5.73 Å². The number of nitrogens with zero attached hydrogens (tertiary/aromatic N) is 1. The van der Waals surface area contributed by atoms with Crippen LogP contribution in [0, 0.1) is 12.8 Å². The van der Waals surface area contributed by atoms with Crippen LogP contribution in [0.15, 0.2) is 22.6 Å². The fraction of sp³-hybridized carbons (Fsp3) is 0.462. The van der Waals surface area contributed by atoms with Crippen molar-refractivity contribution in [2.24, 2.45) is 11.7 Å². The van der Waals surface area contributed by atoms with Gasteiger partial charge in [0.1, 0.15) is 5.52 Å². The molecule has 0 fully saturated rings. The Morgan fingerprint density at radius 1 is 1.44 bits per heavy atom. The van der Waals surface area contributed by atoms with Gasteiger partial charge in [0, 0.05) is 6.42 Å². The van der Waals surface area contributed by atoms with Crippen LogP contribution in [-0.2, 0) is 6.42 Å². The van der Waals surface area contributed by atoms with E-state index in [0.717, 1.165) is 36.4 Å². The summed E-state index contributed by atoms with van der Waals surface area (Å²) in [6.45, 7) is 4.93. The first-order valence-corrected chi connectivity index (χ1v) is 5.75. The van der Waals surface area contributed by atoms with Crippen LogP contribution in [0.3, 0.4) is 0 Å². The van der Waals surface area contributed by atoms with E-state index in [-0.39, 0.29) is 0 Å². The molecule has 3 nitrogen and oxygen atoms in total. The zero-order valence-corrected chi connectivity index (χ0v) is 9.86. The summed E-state index contributed by atoms with van der Waals surface area (Å²) in [7, 11) is 0. The summed E-state index contributed by atoms with van der Waals surface area (Å²) < 4.78 is 5.67. The lowest BCUT2D eigenvalue weighted by atomic mass is 10.1. The van der Waals surface area contributed by atoms with Crippen molar-refractivity contribution < 1.29 is 4.42 Å². The summed E-state index contributed by atoms with van der Waals surface area (Å²) in [5.74, 6) is 1.35. The second kappa shape index (κ2) is 4.66. The number of nitrogens with two attached hydrogens (primary N) is 1. The van der Waals surface area contributed by atoms with Crippen LogP contribution in [0.25, 0.3) is 11.1 Å². The van der Waals surface area contributed by atoms with Gasteiger partial charge in [-0.2, -0.15) is 0 Å². The molecule has 3 heteroatoms. The number of rotatable bonds is 4. The average Bonchev–Trinajstić information content (AvgIpc) is 2.67. The fourth-order valence-electron chi connectivity index (χ4n) is 1.68. The minimum absolute atomic E-state index is 0.525. The molecular formula is C13H18N2O. The van der Waals surface area contributed by atoms with Crippen molar-refractivity contribution in [2.45, 2.75) is 26.7 Å². The van der Waals surface area contributed by atoms with Crippen molar-refractivity contribution in [3.05, 3.63) is 29.7 Å². The molecule has 1 heterocycles. The molecule has 0 amide bonds.